The monoisotopic (exact) mass is 323 g/mol. The third-order valence-corrected chi connectivity index (χ3v) is 4.84. The van der Waals surface area contributed by atoms with Crippen LogP contribution in [0.4, 0.5) is 0 Å². The second-order valence-electron chi connectivity index (χ2n) is 4.57. The molecular formula is C17H13N3S2. The fourth-order valence-electron chi connectivity index (χ4n) is 1.95. The summed E-state index contributed by atoms with van der Waals surface area (Å²) in [6.45, 7) is 0. The zero-order chi connectivity index (χ0) is 15.4. The first kappa shape index (κ1) is 14.7. The van der Waals surface area contributed by atoms with Crippen molar-refractivity contribution in [2.24, 2.45) is 0 Å². The van der Waals surface area contributed by atoms with E-state index < -0.39 is 0 Å². The number of benzene rings is 1. The van der Waals surface area contributed by atoms with Crippen molar-refractivity contribution in [1.82, 2.24) is 4.98 Å². The number of hydrogen-bond acceptors (Lipinski definition) is 5. The number of thioether (sulfide) groups is 1. The normalized spacial score (nSPS) is 10.4. The molecule has 0 fully saturated rings. The Bertz CT molecular complexity index is 796. The van der Waals surface area contributed by atoms with Crippen LogP contribution < -0.4 is 0 Å². The highest BCUT2D eigenvalue weighted by molar-refractivity contribution is 8.27. The van der Waals surface area contributed by atoms with E-state index >= 15 is 0 Å². The second-order valence-corrected chi connectivity index (χ2v) is 6.53. The highest BCUT2D eigenvalue weighted by atomic mass is 32.2. The number of rotatable bonds is 3. The summed E-state index contributed by atoms with van der Waals surface area (Å²) in [5, 5.41) is 19.0. The van der Waals surface area contributed by atoms with Crippen molar-refractivity contribution < 1.29 is 0 Å². The molecule has 0 aliphatic rings. The third kappa shape index (κ3) is 3.32. The van der Waals surface area contributed by atoms with Gasteiger partial charge in [0.15, 0.2) is 0 Å². The molecule has 3 rings (SSSR count). The van der Waals surface area contributed by atoms with E-state index in [9.17, 15) is 0 Å². The Morgan fingerprint density at radius 3 is 2.41 bits per heavy atom. The van der Waals surface area contributed by atoms with Gasteiger partial charge in [0.05, 0.1) is 0 Å². The Hall–Kier alpha value is -2.24. The highest BCUT2D eigenvalue weighted by Crippen LogP contribution is 2.26. The largest absolute Gasteiger partial charge is 0.293 e. The smallest absolute Gasteiger partial charge is 0.102 e. The molecule has 0 bridgehead atoms. The molecule has 0 aliphatic heterocycles. The summed E-state index contributed by atoms with van der Waals surface area (Å²) < 4.78 is 0. The number of hydrogen-bond donors (Lipinski definition) is 2. The van der Waals surface area contributed by atoms with E-state index in [4.69, 9.17) is 10.8 Å². The third-order valence-electron chi connectivity index (χ3n) is 3.05. The van der Waals surface area contributed by atoms with Gasteiger partial charge in [0, 0.05) is 34.0 Å². The lowest BCUT2D eigenvalue weighted by atomic mass is 10.2. The predicted molar refractivity (Wildman–Crippen MR) is 95.2 cm³/mol. The van der Waals surface area contributed by atoms with Gasteiger partial charge in [-0.25, -0.2) is 0 Å². The molecule has 0 radical (unpaired) electrons. The van der Waals surface area contributed by atoms with E-state index in [0.29, 0.717) is 10.1 Å². The minimum atomic E-state index is 0.333. The van der Waals surface area contributed by atoms with E-state index in [1.807, 2.05) is 53.9 Å². The summed E-state index contributed by atoms with van der Waals surface area (Å²) in [6, 6.07) is 15.5. The van der Waals surface area contributed by atoms with Crippen LogP contribution in [-0.4, -0.2) is 15.1 Å². The Balaban J connectivity index is 1.78. The van der Waals surface area contributed by atoms with Crippen LogP contribution in [0.5, 0.6) is 0 Å². The first-order chi connectivity index (χ1) is 10.7. The number of thiophene rings is 1. The number of nitrogens with one attached hydrogen (secondary N) is 2. The van der Waals surface area contributed by atoms with Gasteiger partial charge in [0.25, 0.3) is 0 Å². The Kier molecular flexibility index (Phi) is 4.46. The van der Waals surface area contributed by atoms with Crippen LogP contribution in [0.3, 0.4) is 0 Å². The molecule has 0 aliphatic carbocycles. The lowest BCUT2D eigenvalue weighted by molar-refractivity contribution is 1.32. The average Bonchev–Trinajstić information content (AvgIpc) is 3.10. The summed E-state index contributed by atoms with van der Waals surface area (Å²) in [5.74, 6) is 0. The molecule has 1 aromatic carbocycles. The zero-order valence-electron chi connectivity index (χ0n) is 11.6. The van der Waals surface area contributed by atoms with Crippen LogP contribution in [0.2, 0.25) is 0 Å². The van der Waals surface area contributed by atoms with E-state index in [0.717, 1.165) is 33.3 Å². The predicted octanol–water partition coefficient (Wildman–Crippen LogP) is 4.89. The van der Waals surface area contributed by atoms with Crippen molar-refractivity contribution in [3.63, 3.8) is 0 Å². The van der Waals surface area contributed by atoms with Crippen molar-refractivity contribution in [2.45, 2.75) is 0 Å². The van der Waals surface area contributed by atoms with Gasteiger partial charge in [-0.3, -0.25) is 15.8 Å². The molecular weight excluding hydrogens is 310 g/mol. The van der Waals surface area contributed by atoms with E-state index in [2.05, 4.69) is 4.98 Å². The van der Waals surface area contributed by atoms with E-state index in [1.54, 1.807) is 23.7 Å². The summed E-state index contributed by atoms with van der Waals surface area (Å²) in [6.07, 6.45) is 3.47. The molecule has 22 heavy (non-hydrogen) atoms. The summed E-state index contributed by atoms with van der Waals surface area (Å²) in [7, 11) is 0. The topological polar surface area (TPSA) is 60.6 Å². The Morgan fingerprint density at radius 2 is 1.68 bits per heavy atom. The minimum Gasteiger partial charge on any atom is -0.293 e. The molecule has 0 atom stereocenters. The molecule has 0 unspecified atom stereocenters. The maximum atomic E-state index is 8.22. The van der Waals surface area contributed by atoms with E-state index in [1.165, 1.54) is 0 Å². The van der Waals surface area contributed by atoms with Crippen molar-refractivity contribution in [2.75, 3.05) is 0 Å². The van der Waals surface area contributed by atoms with Gasteiger partial charge in [0.2, 0.25) is 0 Å². The maximum absolute atomic E-state index is 8.22. The van der Waals surface area contributed by atoms with Crippen molar-refractivity contribution >= 4 is 33.2 Å². The van der Waals surface area contributed by atoms with Crippen LogP contribution in [0.1, 0.15) is 11.1 Å². The molecule has 3 nitrogen and oxygen atoms in total. The SMILES string of the molecule is N=C(SC(=N)c1cncc(-c2cccs2)c1)c1ccccc1. The first-order valence-electron chi connectivity index (χ1n) is 6.64. The molecule has 5 heteroatoms. The number of nitrogens with zero attached hydrogens (tertiary/aromatic N) is 1. The van der Waals surface area contributed by atoms with Gasteiger partial charge >= 0.3 is 0 Å². The highest BCUT2D eigenvalue weighted by Gasteiger charge is 2.10. The fourth-order valence-corrected chi connectivity index (χ4v) is 3.35. The molecule has 0 spiro atoms. The van der Waals surface area contributed by atoms with Crippen LogP contribution in [-0.2, 0) is 0 Å². The second kappa shape index (κ2) is 6.68. The van der Waals surface area contributed by atoms with Crippen LogP contribution >= 0.6 is 23.1 Å². The molecule has 3 aromatic rings. The molecule has 0 amide bonds. The van der Waals surface area contributed by atoms with Crippen LogP contribution in [0.25, 0.3) is 10.4 Å². The lowest BCUT2D eigenvalue weighted by Crippen LogP contribution is -2.01. The number of pyridine rings is 1. The van der Waals surface area contributed by atoms with Gasteiger partial charge in [-0.15, -0.1) is 11.3 Å². The Labute approximate surface area is 137 Å². The van der Waals surface area contributed by atoms with Gasteiger partial charge in [-0.05, 0) is 17.5 Å². The van der Waals surface area contributed by atoms with E-state index in [-0.39, 0.29) is 0 Å². The minimum absolute atomic E-state index is 0.333. The van der Waals surface area contributed by atoms with Gasteiger partial charge < -0.3 is 0 Å². The molecule has 2 heterocycles. The standard InChI is InChI=1S/C17H13N3S2/c18-16(12-5-2-1-3-6-12)22-17(19)14-9-13(10-20-11-14)15-7-4-8-21-15/h1-11,18-19H. The lowest BCUT2D eigenvalue weighted by Gasteiger charge is -2.06. The average molecular weight is 323 g/mol. The van der Waals surface area contributed by atoms with Crippen molar-refractivity contribution in [3.8, 4) is 10.4 Å². The summed E-state index contributed by atoms with van der Waals surface area (Å²) in [5.41, 5.74) is 2.56. The number of aromatic nitrogens is 1. The van der Waals surface area contributed by atoms with Gasteiger partial charge in [0.1, 0.15) is 10.1 Å². The first-order valence-corrected chi connectivity index (χ1v) is 8.33. The fraction of sp³-hybridized carbons (Fsp3) is 0. The van der Waals surface area contributed by atoms with Crippen LogP contribution in [0, 0.1) is 10.8 Å². The van der Waals surface area contributed by atoms with Crippen molar-refractivity contribution in [1.29, 1.82) is 10.8 Å². The molecule has 2 N–H and O–H groups in total. The van der Waals surface area contributed by atoms with Crippen molar-refractivity contribution in [3.05, 3.63) is 77.4 Å². The molecule has 2 aromatic heterocycles. The van der Waals surface area contributed by atoms with Gasteiger partial charge in [-0.2, -0.15) is 0 Å². The summed E-state index contributed by atoms with van der Waals surface area (Å²) >= 11 is 2.79. The molecule has 108 valence electrons. The van der Waals surface area contributed by atoms with Crippen LogP contribution in [0.15, 0.2) is 66.3 Å². The molecule has 0 saturated heterocycles. The quantitative estimate of drug-likeness (QED) is 0.532. The van der Waals surface area contributed by atoms with Gasteiger partial charge in [-0.1, -0.05) is 48.2 Å². The summed E-state index contributed by atoms with van der Waals surface area (Å²) in [4.78, 5) is 5.35. The maximum Gasteiger partial charge on any atom is 0.102 e. The zero-order valence-corrected chi connectivity index (χ0v) is 13.2. The molecule has 0 saturated carbocycles. The Morgan fingerprint density at radius 1 is 0.909 bits per heavy atom.